The highest BCUT2D eigenvalue weighted by molar-refractivity contribution is 7.22. The molecule has 2 aromatic carbocycles. The van der Waals surface area contributed by atoms with Crippen molar-refractivity contribution < 1.29 is 4.79 Å². The number of amides is 1. The molecule has 22 heavy (non-hydrogen) atoms. The fourth-order valence-corrected chi connectivity index (χ4v) is 3.08. The van der Waals surface area contributed by atoms with Crippen LogP contribution in [0.4, 0.5) is 10.8 Å². The third-order valence-electron chi connectivity index (χ3n) is 3.37. The fraction of sp³-hybridized carbons (Fsp3) is 0. The van der Waals surface area contributed by atoms with E-state index in [4.69, 9.17) is 5.73 Å². The Morgan fingerprint density at radius 1 is 1.23 bits per heavy atom. The van der Waals surface area contributed by atoms with Crippen LogP contribution in [-0.2, 0) is 0 Å². The van der Waals surface area contributed by atoms with Crippen LogP contribution in [0.5, 0.6) is 0 Å². The van der Waals surface area contributed by atoms with Crippen LogP contribution < -0.4 is 11.1 Å². The highest BCUT2D eigenvalue weighted by atomic mass is 32.1. The Kier molecular flexibility index (Phi) is 2.80. The lowest BCUT2D eigenvalue weighted by molar-refractivity contribution is 0.102. The van der Waals surface area contributed by atoms with E-state index in [1.54, 1.807) is 24.4 Å². The summed E-state index contributed by atoms with van der Waals surface area (Å²) in [6.45, 7) is 0. The molecule has 2 aromatic heterocycles. The smallest absolute Gasteiger partial charge is 0.255 e. The number of anilines is 2. The van der Waals surface area contributed by atoms with Gasteiger partial charge in [-0.1, -0.05) is 11.3 Å². The summed E-state index contributed by atoms with van der Waals surface area (Å²) in [4.78, 5) is 16.5. The summed E-state index contributed by atoms with van der Waals surface area (Å²) in [7, 11) is 0. The number of rotatable bonds is 2. The maximum Gasteiger partial charge on any atom is 0.255 e. The summed E-state index contributed by atoms with van der Waals surface area (Å²) >= 11 is 1.37. The Balaban J connectivity index is 1.64. The van der Waals surface area contributed by atoms with Crippen molar-refractivity contribution >= 4 is 49.2 Å². The molecule has 108 valence electrons. The second-order valence-electron chi connectivity index (χ2n) is 4.86. The van der Waals surface area contributed by atoms with E-state index in [1.807, 2.05) is 18.2 Å². The van der Waals surface area contributed by atoms with E-state index >= 15 is 0 Å². The summed E-state index contributed by atoms with van der Waals surface area (Å²) in [5.74, 6) is -0.170. The van der Waals surface area contributed by atoms with E-state index in [0.29, 0.717) is 10.7 Å². The van der Waals surface area contributed by atoms with Crippen LogP contribution in [0.25, 0.3) is 21.1 Å². The van der Waals surface area contributed by atoms with Crippen molar-refractivity contribution in [1.82, 2.24) is 15.2 Å². The van der Waals surface area contributed by atoms with Crippen LogP contribution in [-0.4, -0.2) is 21.1 Å². The van der Waals surface area contributed by atoms with Crippen LogP contribution in [0.2, 0.25) is 0 Å². The number of nitrogens with two attached hydrogens (primary N) is 1. The van der Waals surface area contributed by atoms with Gasteiger partial charge >= 0.3 is 0 Å². The van der Waals surface area contributed by atoms with Gasteiger partial charge in [-0.25, -0.2) is 4.98 Å². The number of carbonyl (C=O) groups excluding carboxylic acids is 1. The van der Waals surface area contributed by atoms with Crippen LogP contribution >= 0.6 is 11.3 Å². The second kappa shape index (κ2) is 4.81. The van der Waals surface area contributed by atoms with E-state index in [2.05, 4.69) is 20.5 Å². The number of nitrogens with zero attached hydrogens (tertiary/aromatic N) is 2. The van der Waals surface area contributed by atoms with Gasteiger partial charge < -0.3 is 11.1 Å². The Labute approximate surface area is 129 Å². The van der Waals surface area contributed by atoms with Crippen molar-refractivity contribution in [3.05, 3.63) is 48.2 Å². The molecule has 4 rings (SSSR count). The lowest BCUT2D eigenvalue weighted by Gasteiger charge is -2.05. The first-order chi connectivity index (χ1) is 10.7. The Morgan fingerprint density at radius 3 is 3.05 bits per heavy atom. The van der Waals surface area contributed by atoms with Crippen molar-refractivity contribution in [2.24, 2.45) is 0 Å². The number of carbonyl (C=O) groups is 1. The molecule has 2 heterocycles. The molecule has 1 amide bonds. The standard InChI is InChI=1S/C15H11N5OS/c16-15-19-12-3-1-8(6-13(12)22-15)14(21)18-10-2-4-11-9(5-10)7-17-20-11/h1-7H,(H2,16,19)(H,17,20)(H,18,21). The van der Waals surface area contributed by atoms with Gasteiger partial charge in [-0.3, -0.25) is 9.89 Å². The number of benzene rings is 2. The summed E-state index contributed by atoms with van der Waals surface area (Å²) in [6, 6.07) is 10.9. The maximum absolute atomic E-state index is 12.4. The number of nitrogens with one attached hydrogen (secondary N) is 2. The van der Waals surface area contributed by atoms with Gasteiger partial charge in [0, 0.05) is 16.6 Å². The van der Waals surface area contributed by atoms with Crippen molar-refractivity contribution in [3.8, 4) is 0 Å². The van der Waals surface area contributed by atoms with E-state index < -0.39 is 0 Å². The highest BCUT2D eigenvalue weighted by Gasteiger charge is 2.09. The number of hydrogen-bond donors (Lipinski definition) is 3. The van der Waals surface area contributed by atoms with E-state index in [9.17, 15) is 4.79 Å². The largest absolute Gasteiger partial charge is 0.375 e. The first kappa shape index (κ1) is 12.8. The van der Waals surface area contributed by atoms with Crippen molar-refractivity contribution in [3.63, 3.8) is 0 Å². The van der Waals surface area contributed by atoms with Gasteiger partial charge in [-0.2, -0.15) is 5.10 Å². The molecule has 0 spiro atoms. The van der Waals surface area contributed by atoms with Gasteiger partial charge in [0.15, 0.2) is 5.13 Å². The number of aromatic amines is 1. The van der Waals surface area contributed by atoms with Gasteiger partial charge in [-0.05, 0) is 36.4 Å². The van der Waals surface area contributed by atoms with Crippen LogP contribution in [0.15, 0.2) is 42.6 Å². The van der Waals surface area contributed by atoms with Gasteiger partial charge in [0.25, 0.3) is 5.91 Å². The SMILES string of the molecule is Nc1nc2ccc(C(=O)Nc3ccc4[nH]ncc4c3)cc2s1. The number of fused-ring (bicyclic) bond motifs is 2. The average Bonchev–Trinajstić information content (AvgIpc) is 3.10. The molecule has 0 saturated heterocycles. The molecule has 0 saturated carbocycles. The van der Waals surface area contributed by atoms with Crippen LogP contribution in [0.1, 0.15) is 10.4 Å². The molecule has 0 radical (unpaired) electrons. The highest BCUT2D eigenvalue weighted by Crippen LogP contribution is 2.25. The van der Waals surface area contributed by atoms with E-state index in [0.717, 1.165) is 26.8 Å². The minimum Gasteiger partial charge on any atom is -0.375 e. The quantitative estimate of drug-likeness (QED) is 0.530. The first-order valence-electron chi connectivity index (χ1n) is 6.59. The zero-order valence-electron chi connectivity index (χ0n) is 11.3. The number of thiazole rings is 1. The van der Waals surface area contributed by atoms with E-state index in [-0.39, 0.29) is 5.91 Å². The Hall–Kier alpha value is -2.93. The molecule has 6 nitrogen and oxygen atoms in total. The molecule has 4 N–H and O–H groups in total. The third kappa shape index (κ3) is 2.17. The fourth-order valence-electron chi connectivity index (χ4n) is 2.31. The monoisotopic (exact) mass is 309 g/mol. The lowest BCUT2D eigenvalue weighted by atomic mass is 10.2. The predicted octanol–water partition coefficient (Wildman–Crippen LogP) is 3.01. The summed E-state index contributed by atoms with van der Waals surface area (Å²) in [5.41, 5.74) is 8.71. The number of H-pyrrole nitrogens is 1. The minimum absolute atomic E-state index is 0.170. The van der Waals surface area contributed by atoms with Gasteiger partial charge in [-0.15, -0.1) is 0 Å². The molecule has 0 aliphatic rings. The zero-order chi connectivity index (χ0) is 15.1. The van der Waals surface area contributed by atoms with Gasteiger partial charge in [0.2, 0.25) is 0 Å². The van der Waals surface area contributed by atoms with Crippen molar-refractivity contribution in [2.45, 2.75) is 0 Å². The van der Waals surface area contributed by atoms with Crippen molar-refractivity contribution in [1.29, 1.82) is 0 Å². The molecule has 0 aliphatic carbocycles. The molecule has 0 bridgehead atoms. The zero-order valence-corrected chi connectivity index (χ0v) is 12.1. The summed E-state index contributed by atoms with van der Waals surface area (Å²) in [5, 5.41) is 11.2. The number of aromatic nitrogens is 3. The lowest BCUT2D eigenvalue weighted by Crippen LogP contribution is -2.11. The van der Waals surface area contributed by atoms with Crippen LogP contribution in [0.3, 0.4) is 0 Å². The number of nitrogen functional groups attached to an aromatic ring is 1. The molecule has 0 aliphatic heterocycles. The van der Waals surface area contributed by atoms with Crippen molar-refractivity contribution in [2.75, 3.05) is 11.1 Å². The minimum atomic E-state index is -0.170. The molecule has 4 aromatic rings. The normalized spacial score (nSPS) is 11.1. The number of hydrogen-bond acceptors (Lipinski definition) is 5. The molecule has 7 heteroatoms. The Bertz CT molecular complexity index is 1000. The van der Waals surface area contributed by atoms with Crippen LogP contribution in [0, 0.1) is 0 Å². The summed E-state index contributed by atoms with van der Waals surface area (Å²) < 4.78 is 0.899. The average molecular weight is 309 g/mol. The topological polar surface area (TPSA) is 96.7 Å². The van der Waals surface area contributed by atoms with Gasteiger partial charge in [0.05, 0.1) is 21.9 Å². The molecule has 0 atom stereocenters. The third-order valence-corrected chi connectivity index (χ3v) is 4.21. The van der Waals surface area contributed by atoms with E-state index in [1.165, 1.54) is 11.3 Å². The van der Waals surface area contributed by atoms with Gasteiger partial charge in [0.1, 0.15) is 0 Å². The Morgan fingerprint density at radius 2 is 2.14 bits per heavy atom. The molecular weight excluding hydrogens is 298 g/mol. The second-order valence-corrected chi connectivity index (χ2v) is 5.92. The molecular formula is C15H11N5OS. The predicted molar refractivity (Wildman–Crippen MR) is 88.1 cm³/mol. The maximum atomic E-state index is 12.4. The first-order valence-corrected chi connectivity index (χ1v) is 7.41. The summed E-state index contributed by atoms with van der Waals surface area (Å²) in [6.07, 6.45) is 1.72. The molecule has 0 unspecified atom stereocenters. The molecule has 0 fully saturated rings.